The Hall–Kier alpha value is -2.41. The van der Waals surface area contributed by atoms with Crippen molar-refractivity contribution in [2.75, 3.05) is 20.2 Å². The van der Waals surface area contributed by atoms with Gasteiger partial charge in [-0.3, -0.25) is 9.78 Å². The predicted molar refractivity (Wildman–Crippen MR) is 92.2 cm³/mol. The lowest BCUT2D eigenvalue weighted by molar-refractivity contribution is -0.128. The fraction of sp³-hybridized carbons (Fsp3) is 0.353. The maximum Gasteiger partial charge on any atom is 0.246 e. The summed E-state index contributed by atoms with van der Waals surface area (Å²) in [5.74, 6) is 0.839. The summed E-state index contributed by atoms with van der Waals surface area (Å²) >= 11 is 1.61. The summed E-state index contributed by atoms with van der Waals surface area (Å²) in [4.78, 5) is 23.4. The minimum atomic E-state index is -0.0840. The van der Waals surface area contributed by atoms with Crippen molar-refractivity contribution in [3.05, 3.63) is 40.9 Å². The molecule has 1 saturated heterocycles. The van der Waals surface area contributed by atoms with Crippen molar-refractivity contribution in [1.29, 1.82) is 0 Å². The van der Waals surface area contributed by atoms with Gasteiger partial charge in [-0.2, -0.15) is 4.98 Å². The van der Waals surface area contributed by atoms with Crippen molar-refractivity contribution in [2.45, 2.75) is 18.9 Å². The number of ether oxygens (including phenoxy) is 2. The second-order valence-electron chi connectivity index (χ2n) is 5.41. The van der Waals surface area contributed by atoms with Crippen LogP contribution >= 0.6 is 11.3 Å². The quantitative estimate of drug-likeness (QED) is 0.780. The predicted octanol–water partition coefficient (Wildman–Crippen LogP) is 2.63. The highest BCUT2D eigenvalue weighted by Crippen LogP contribution is 2.19. The molecule has 0 saturated carbocycles. The van der Waals surface area contributed by atoms with Crippen molar-refractivity contribution in [3.8, 4) is 11.8 Å². The summed E-state index contributed by atoms with van der Waals surface area (Å²) in [6.45, 7) is 1.30. The number of likely N-dealkylation sites (tertiary alicyclic amines) is 1. The van der Waals surface area contributed by atoms with Crippen LogP contribution in [0.15, 0.2) is 36.0 Å². The molecule has 7 heteroatoms. The van der Waals surface area contributed by atoms with E-state index in [0.29, 0.717) is 18.3 Å². The van der Waals surface area contributed by atoms with Crippen molar-refractivity contribution in [1.82, 2.24) is 14.9 Å². The molecule has 0 bridgehead atoms. The smallest absolute Gasteiger partial charge is 0.246 e. The molecule has 126 valence electrons. The van der Waals surface area contributed by atoms with Gasteiger partial charge in [-0.1, -0.05) is 6.07 Å². The topological polar surface area (TPSA) is 64.6 Å². The minimum Gasteiger partial charge on any atom is -0.480 e. The van der Waals surface area contributed by atoms with Gasteiger partial charge >= 0.3 is 0 Å². The highest BCUT2D eigenvalue weighted by molar-refractivity contribution is 7.10. The molecule has 3 rings (SSSR count). The number of rotatable bonds is 5. The lowest BCUT2D eigenvalue weighted by Crippen LogP contribution is -2.43. The number of methoxy groups -OCH3 is 1. The van der Waals surface area contributed by atoms with Crippen molar-refractivity contribution in [3.63, 3.8) is 0 Å². The van der Waals surface area contributed by atoms with Crippen molar-refractivity contribution < 1.29 is 14.3 Å². The molecular weight excluding hydrogens is 326 g/mol. The van der Waals surface area contributed by atoms with Gasteiger partial charge < -0.3 is 14.4 Å². The molecule has 2 aromatic rings. The van der Waals surface area contributed by atoms with Crippen molar-refractivity contribution in [2.24, 2.45) is 0 Å². The molecule has 0 aliphatic carbocycles. The van der Waals surface area contributed by atoms with Crippen LogP contribution in [-0.2, 0) is 4.79 Å². The molecule has 1 amide bonds. The van der Waals surface area contributed by atoms with Gasteiger partial charge in [0, 0.05) is 17.5 Å². The molecule has 1 aliphatic rings. The molecular formula is C17H19N3O3S. The van der Waals surface area contributed by atoms with Crippen molar-refractivity contribution >= 4 is 23.3 Å². The van der Waals surface area contributed by atoms with E-state index in [1.807, 2.05) is 28.5 Å². The van der Waals surface area contributed by atoms with Gasteiger partial charge in [0.15, 0.2) is 0 Å². The number of amides is 1. The summed E-state index contributed by atoms with van der Waals surface area (Å²) < 4.78 is 10.9. The monoisotopic (exact) mass is 345 g/mol. The average molecular weight is 345 g/mol. The van der Waals surface area contributed by atoms with Crippen LogP contribution in [-0.4, -0.2) is 47.1 Å². The van der Waals surface area contributed by atoms with E-state index < -0.39 is 0 Å². The van der Waals surface area contributed by atoms with Crippen LogP contribution < -0.4 is 9.47 Å². The van der Waals surface area contributed by atoms with E-state index in [1.54, 1.807) is 23.6 Å². The number of hydrogen-bond donors (Lipinski definition) is 0. The van der Waals surface area contributed by atoms with Gasteiger partial charge in [-0.15, -0.1) is 11.3 Å². The number of carbonyl (C=O) groups is 1. The Morgan fingerprint density at radius 1 is 1.42 bits per heavy atom. The van der Waals surface area contributed by atoms with E-state index in [1.165, 1.54) is 13.3 Å². The third kappa shape index (κ3) is 4.32. The molecule has 1 fully saturated rings. The molecule has 0 N–H and O–H groups in total. The largest absolute Gasteiger partial charge is 0.480 e. The molecule has 0 aromatic carbocycles. The Morgan fingerprint density at radius 2 is 2.29 bits per heavy atom. The molecule has 2 aromatic heterocycles. The van der Waals surface area contributed by atoms with Crippen LogP contribution in [0.3, 0.4) is 0 Å². The molecule has 24 heavy (non-hydrogen) atoms. The molecule has 1 atom stereocenters. The number of thiophene rings is 1. The Labute approximate surface area is 144 Å². The standard InChI is InChI=1S/C17H19N3O3S/c1-22-15-10-18-11-16(19-15)23-13-4-2-8-20(12-13)17(21)7-6-14-5-3-9-24-14/h3,5-7,9-11,13H,2,4,8,12H2,1H3/b7-6+. The SMILES string of the molecule is COc1cncc(OC2CCCN(C(=O)/C=C/c3cccs3)C2)n1. The zero-order valence-electron chi connectivity index (χ0n) is 13.4. The molecule has 1 aliphatic heterocycles. The van der Waals surface area contributed by atoms with Gasteiger partial charge in [0.1, 0.15) is 6.10 Å². The Kier molecular flexibility index (Phi) is 5.43. The third-order valence-corrected chi connectivity index (χ3v) is 4.55. The lowest BCUT2D eigenvalue weighted by atomic mass is 10.1. The van der Waals surface area contributed by atoms with Crippen LogP contribution in [0.5, 0.6) is 11.8 Å². The number of aromatic nitrogens is 2. The first-order valence-corrected chi connectivity index (χ1v) is 8.66. The first-order chi connectivity index (χ1) is 11.7. The maximum absolute atomic E-state index is 12.3. The van der Waals surface area contributed by atoms with Crippen LogP contribution in [0.2, 0.25) is 0 Å². The average Bonchev–Trinajstić information content (AvgIpc) is 3.13. The highest BCUT2D eigenvalue weighted by Gasteiger charge is 2.24. The Balaban J connectivity index is 1.58. The van der Waals surface area contributed by atoms with Gasteiger partial charge in [-0.05, 0) is 30.4 Å². The summed E-state index contributed by atoms with van der Waals surface area (Å²) in [5.41, 5.74) is 0. The Bertz CT molecular complexity index is 703. The second-order valence-corrected chi connectivity index (χ2v) is 6.39. The summed E-state index contributed by atoms with van der Waals surface area (Å²) in [5, 5.41) is 1.99. The Morgan fingerprint density at radius 3 is 3.08 bits per heavy atom. The summed E-state index contributed by atoms with van der Waals surface area (Å²) in [7, 11) is 1.54. The molecule has 0 spiro atoms. The van der Waals surface area contributed by atoms with E-state index in [2.05, 4.69) is 9.97 Å². The number of nitrogens with zero attached hydrogens (tertiary/aromatic N) is 3. The highest BCUT2D eigenvalue weighted by atomic mass is 32.1. The number of carbonyl (C=O) groups excluding carboxylic acids is 1. The lowest BCUT2D eigenvalue weighted by Gasteiger charge is -2.31. The van der Waals surface area contributed by atoms with E-state index >= 15 is 0 Å². The van der Waals surface area contributed by atoms with Crippen LogP contribution in [0.25, 0.3) is 6.08 Å². The zero-order chi connectivity index (χ0) is 16.8. The summed E-state index contributed by atoms with van der Waals surface area (Å²) in [6.07, 6.45) is 8.26. The van der Waals surface area contributed by atoms with Gasteiger partial charge in [0.25, 0.3) is 0 Å². The fourth-order valence-electron chi connectivity index (χ4n) is 2.54. The molecule has 1 unspecified atom stereocenters. The molecule has 3 heterocycles. The van der Waals surface area contributed by atoms with Gasteiger partial charge in [-0.25, -0.2) is 0 Å². The number of hydrogen-bond acceptors (Lipinski definition) is 6. The molecule has 6 nitrogen and oxygen atoms in total. The van der Waals surface area contributed by atoms with E-state index in [0.717, 1.165) is 24.3 Å². The third-order valence-electron chi connectivity index (χ3n) is 3.71. The fourth-order valence-corrected chi connectivity index (χ4v) is 3.15. The van der Waals surface area contributed by atoms with Gasteiger partial charge in [0.2, 0.25) is 17.7 Å². The zero-order valence-corrected chi connectivity index (χ0v) is 14.2. The molecule has 0 radical (unpaired) electrons. The van der Waals surface area contributed by atoms with Crippen LogP contribution in [0.1, 0.15) is 17.7 Å². The number of piperidine rings is 1. The normalized spacial score (nSPS) is 17.9. The maximum atomic E-state index is 12.3. The first kappa shape index (κ1) is 16.4. The van der Waals surface area contributed by atoms with E-state index in [-0.39, 0.29) is 12.0 Å². The minimum absolute atomic E-state index is 0.00780. The first-order valence-electron chi connectivity index (χ1n) is 7.78. The van der Waals surface area contributed by atoms with Crippen LogP contribution in [0, 0.1) is 0 Å². The van der Waals surface area contributed by atoms with Crippen LogP contribution in [0.4, 0.5) is 0 Å². The second kappa shape index (κ2) is 7.92. The summed E-state index contributed by atoms with van der Waals surface area (Å²) in [6, 6.07) is 3.95. The van der Waals surface area contributed by atoms with E-state index in [9.17, 15) is 4.79 Å². The van der Waals surface area contributed by atoms with E-state index in [4.69, 9.17) is 9.47 Å². The van der Waals surface area contributed by atoms with Gasteiger partial charge in [0.05, 0.1) is 26.0 Å².